The van der Waals surface area contributed by atoms with E-state index in [0.717, 1.165) is 21.9 Å². The van der Waals surface area contributed by atoms with Crippen LogP contribution in [-0.2, 0) is 4.79 Å². The third-order valence-electron chi connectivity index (χ3n) is 2.41. The number of benzene rings is 1. The van der Waals surface area contributed by atoms with Crippen LogP contribution >= 0.6 is 23.5 Å². The zero-order chi connectivity index (χ0) is 11.5. The SMILES string of the molecule is CSCC(N)c1ccc2c(c1)NC(=O)CS2. The van der Waals surface area contributed by atoms with Crippen molar-refractivity contribution < 1.29 is 4.79 Å². The minimum atomic E-state index is 0.0316. The minimum absolute atomic E-state index is 0.0316. The zero-order valence-corrected chi connectivity index (χ0v) is 10.7. The summed E-state index contributed by atoms with van der Waals surface area (Å²) in [5.41, 5.74) is 8.01. The number of nitrogens with two attached hydrogens (primary N) is 1. The van der Waals surface area contributed by atoms with Gasteiger partial charge in [-0.05, 0) is 24.0 Å². The summed E-state index contributed by atoms with van der Waals surface area (Å²) in [4.78, 5) is 12.4. The molecule has 0 aliphatic carbocycles. The Labute approximate surface area is 104 Å². The van der Waals surface area contributed by atoms with Crippen molar-refractivity contribution in [3.8, 4) is 0 Å². The van der Waals surface area contributed by atoms with Crippen LogP contribution in [0.3, 0.4) is 0 Å². The lowest BCUT2D eigenvalue weighted by molar-refractivity contribution is -0.113. The van der Waals surface area contributed by atoms with Crippen molar-refractivity contribution in [2.75, 3.05) is 23.1 Å². The number of hydrogen-bond donors (Lipinski definition) is 2. The van der Waals surface area contributed by atoms with Gasteiger partial charge >= 0.3 is 0 Å². The van der Waals surface area contributed by atoms with Crippen molar-refractivity contribution in [3.05, 3.63) is 23.8 Å². The molecule has 0 saturated heterocycles. The van der Waals surface area contributed by atoms with Crippen LogP contribution in [-0.4, -0.2) is 23.7 Å². The maximum Gasteiger partial charge on any atom is 0.234 e. The third-order valence-corrected chi connectivity index (χ3v) is 4.18. The monoisotopic (exact) mass is 254 g/mol. The van der Waals surface area contributed by atoms with Gasteiger partial charge in [-0.25, -0.2) is 0 Å². The van der Waals surface area contributed by atoms with E-state index in [1.807, 2.05) is 24.5 Å². The standard InChI is InChI=1S/C11H14N2OS2/c1-15-5-8(12)7-2-3-10-9(4-7)13-11(14)6-16-10/h2-4,8H,5-6,12H2,1H3,(H,13,14). The molecule has 1 heterocycles. The van der Waals surface area contributed by atoms with Crippen LogP contribution in [0.4, 0.5) is 5.69 Å². The first-order chi connectivity index (χ1) is 7.70. The molecule has 1 aliphatic rings. The van der Waals surface area contributed by atoms with Crippen LogP contribution in [0, 0.1) is 0 Å². The van der Waals surface area contributed by atoms with Gasteiger partial charge in [-0.3, -0.25) is 4.79 Å². The van der Waals surface area contributed by atoms with Crippen molar-refractivity contribution in [2.45, 2.75) is 10.9 Å². The molecule has 0 fully saturated rings. The lowest BCUT2D eigenvalue weighted by Crippen LogP contribution is -2.20. The van der Waals surface area contributed by atoms with E-state index in [4.69, 9.17) is 5.73 Å². The number of carbonyl (C=O) groups is 1. The molecule has 3 N–H and O–H groups in total. The molecule has 2 rings (SSSR count). The summed E-state index contributed by atoms with van der Waals surface area (Å²) < 4.78 is 0. The highest BCUT2D eigenvalue weighted by atomic mass is 32.2. The predicted molar refractivity (Wildman–Crippen MR) is 71.1 cm³/mol. The van der Waals surface area contributed by atoms with E-state index >= 15 is 0 Å². The van der Waals surface area contributed by atoms with Crippen molar-refractivity contribution >= 4 is 35.1 Å². The average molecular weight is 254 g/mol. The molecule has 0 bridgehead atoms. The van der Waals surface area contributed by atoms with Crippen molar-refractivity contribution in [1.82, 2.24) is 0 Å². The van der Waals surface area contributed by atoms with Gasteiger partial charge in [0, 0.05) is 16.7 Å². The maximum absolute atomic E-state index is 11.3. The first-order valence-electron chi connectivity index (χ1n) is 5.02. The first-order valence-corrected chi connectivity index (χ1v) is 7.40. The van der Waals surface area contributed by atoms with Gasteiger partial charge in [-0.2, -0.15) is 11.8 Å². The summed E-state index contributed by atoms with van der Waals surface area (Å²) in [6.07, 6.45) is 2.04. The number of amides is 1. The number of carbonyl (C=O) groups excluding carboxylic acids is 1. The van der Waals surface area contributed by atoms with Crippen molar-refractivity contribution in [1.29, 1.82) is 0 Å². The van der Waals surface area contributed by atoms with Gasteiger partial charge in [0.1, 0.15) is 0 Å². The van der Waals surface area contributed by atoms with Crippen LogP contribution in [0.5, 0.6) is 0 Å². The van der Waals surface area contributed by atoms with E-state index in [0.29, 0.717) is 5.75 Å². The largest absolute Gasteiger partial charge is 0.324 e. The fourth-order valence-electron chi connectivity index (χ4n) is 1.61. The van der Waals surface area contributed by atoms with Gasteiger partial charge in [0.2, 0.25) is 5.91 Å². The second-order valence-electron chi connectivity index (χ2n) is 3.65. The molecule has 0 aromatic heterocycles. The number of thioether (sulfide) groups is 2. The summed E-state index contributed by atoms with van der Waals surface area (Å²) in [6, 6.07) is 6.10. The molecule has 0 radical (unpaired) electrons. The normalized spacial score (nSPS) is 16.5. The van der Waals surface area contributed by atoms with E-state index < -0.39 is 0 Å². The molecule has 0 saturated carbocycles. The third kappa shape index (κ3) is 2.53. The van der Waals surface area contributed by atoms with Gasteiger partial charge in [-0.1, -0.05) is 6.07 Å². The maximum atomic E-state index is 11.3. The number of rotatable bonds is 3. The van der Waals surface area contributed by atoms with Crippen LogP contribution < -0.4 is 11.1 Å². The van der Waals surface area contributed by atoms with Gasteiger partial charge < -0.3 is 11.1 Å². The fraction of sp³-hybridized carbons (Fsp3) is 0.364. The summed E-state index contributed by atoms with van der Waals surface area (Å²) in [5.74, 6) is 1.45. The quantitative estimate of drug-likeness (QED) is 0.867. The highest BCUT2D eigenvalue weighted by Gasteiger charge is 2.16. The molecular weight excluding hydrogens is 240 g/mol. The van der Waals surface area contributed by atoms with Gasteiger partial charge in [0.15, 0.2) is 0 Å². The Morgan fingerprint density at radius 2 is 2.44 bits per heavy atom. The molecule has 16 heavy (non-hydrogen) atoms. The Hall–Kier alpha value is -0.650. The topological polar surface area (TPSA) is 55.1 Å². The van der Waals surface area contributed by atoms with Crippen molar-refractivity contribution in [3.63, 3.8) is 0 Å². The lowest BCUT2D eigenvalue weighted by atomic mass is 10.1. The van der Waals surface area contributed by atoms with Crippen LogP contribution in [0.2, 0.25) is 0 Å². The smallest absolute Gasteiger partial charge is 0.234 e. The van der Waals surface area contributed by atoms with E-state index in [1.165, 1.54) is 0 Å². The van der Waals surface area contributed by atoms with Crippen LogP contribution in [0.1, 0.15) is 11.6 Å². The molecule has 1 aromatic rings. The first kappa shape index (κ1) is 11.8. The highest BCUT2D eigenvalue weighted by molar-refractivity contribution is 8.00. The van der Waals surface area contributed by atoms with E-state index in [-0.39, 0.29) is 11.9 Å². The number of anilines is 1. The molecule has 1 unspecified atom stereocenters. The Kier molecular flexibility index (Phi) is 3.78. The molecule has 1 aromatic carbocycles. The zero-order valence-electron chi connectivity index (χ0n) is 9.03. The molecule has 0 spiro atoms. The molecule has 86 valence electrons. The summed E-state index contributed by atoms with van der Waals surface area (Å²) in [5, 5.41) is 2.88. The molecule has 1 atom stereocenters. The number of hydrogen-bond acceptors (Lipinski definition) is 4. The second-order valence-corrected chi connectivity index (χ2v) is 5.58. The van der Waals surface area contributed by atoms with Gasteiger partial charge in [0.25, 0.3) is 0 Å². The molecule has 1 amide bonds. The summed E-state index contributed by atoms with van der Waals surface area (Å²) in [7, 11) is 0. The minimum Gasteiger partial charge on any atom is -0.324 e. The molecule has 3 nitrogen and oxygen atoms in total. The van der Waals surface area contributed by atoms with E-state index in [2.05, 4.69) is 5.32 Å². The van der Waals surface area contributed by atoms with E-state index in [1.54, 1.807) is 23.5 Å². The van der Waals surface area contributed by atoms with E-state index in [9.17, 15) is 4.79 Å². The average Bonchev–Trinajstić information content (AvgIpc) is 2.28. The predicted octanol–water partition coefficient (Wildman–Crippen LogP) is 2.09. The summed E-state index contributed by atoms with van der Waals surface area (Å²) in [6.45, 7) is 0. The Morgan fingerprint density at radius 3 is 3.19 bits per heavy atom. The number of fused-ring (bicyclic) bond motifs is 1. The Morgan fingerprint density at radius 1 is 1.62 bits per heavy atom. The van der Waals surface area contributed by atoms with Crippen LogP contribution in [0.25, 0.3) is 0 Å². The van der Waals surface area contributed by atoms with Gasteiger partial charge in [-0.15, -0.1) is 11.8 Å². The summed E-state index contributed by atoms with van der Waals surface area (Å²) >= 11 is 3.30. The Balaban J connectivity index is 2.24. The molecule has 5 heteroatoms. The van der Waals surface area contributed by atoms with Gasteiger partial charge in [0.05, 0.1) is 11.4 Å². The fourth-order valence-corrected chi connectivity index (χ4v) is 2.95. The molecular formula is C11H14N2OS2. The number of nitrogens with one attached hydrogen (secondary N) is 1. The lowest BCUT2D eigenvalue weighted by Gasteiger charge is -2.19. The molecule has 1 aliphatic heterocycles. The Bertz CT molecular complexity index is 409. The second kappa shape index (κ2) is 5.12. The van der Waals surface area contributed by atoms with Crippen LogP contribution in [0.15, 0.2) is 23.1 Å². The highest BCUT2D eigenvalue weighted by Crippen LogP contribution is 2.33. The van der Waals surface area contributed by atoms with Crippen molar-refractivity contribution in [2.24, 2.45) is 5.73 Å².